The molecule has 0 amide bonds. The van der Waals surface area contributed by atoms with E-state index in [-0.39, 0.29) is 22.8 Å². The summed E-state index contributed by atoms with van der Waals surface area (Å²) in [6.45, 7) is 0. The predicted molar refractivity (Wildman–Crippen MR) is 76.9 cm³/mol. The third-order valence-electron chi connectivity index (χ3n) is 3.45. The maximum atomic E-state index is 14.2. The van der Waals surface area contributed by atoms with Crippen molar-refractivity contribution in [1.29, 1.82) is 0 Å². The number of halogens is 4. The molecule has 3 nitrogen and oxygen atoms in total. The lowest BCUT2D eigenvalue weighted by atomic mass is 10.0. The molecule has 0 aliphatic heterocycles. The van der Waals surface area contributed by atoms with E-state index in [1.54, 1.807) is 0 Å². The van der Waals surface area contributed by atoms with Crippen LogP contribution in [0.3, 0.4) is 0 Å². The van der Waals surface area contributed by atoms with Crippen LogP contribution < -0.4 is 9.47 Å². The Morgan fingerprint density at radius 1 is 1.04 bits per heavy atom. The van der Waals surface area contributed by atoms with Gasteiger partial charge in [0.1, 0.15) is 17.3 Å². The van der Waals surface area contributed by atoms with Crippen LogP contribution in [0.5, 0.6) is 11.5 Å². The van der Waals surface area contributed by atoms with E-state index < -0.39 is 23.9 Å². The van der Waals surface area contributed by atoms with E-state index in [1.165, 1.54) is 24.3 Å². The molecule has 2 aromatic carbocycles. The largest absolute Gasteiger partial charge is 0.573 e. The third kappa shape index (κ3) is 4.04. The first kappa shape index (κ1) is 16.3. The number of alkyl halides is 3. The average Bonchev–Trinajstić information content (AvgIpc) is 3.30. The standard InChI is InChI=1S/C17H12F4O3/c18-15-9-12(23-16(22)10-4-5-10)6-7-14(15)11-2-1-3-13(8-11)24-17(19,20)21/h1-3,6-10H,4-5H2. The summed E-state index contributed by atoms with van der Waals surface area (Å²) in [5, 5.41) is 0. The van der Waals surface area contributed by atoms with Crippen molar-refractivity contribution >= 4 is 5.97 Å². The van der Waals surface area contributed by atoms with Gasteiger partial charge in [0, 0.05) is 11.6 Å². The Balaban J connectivity index is 1.81. The zero-order valence-electron chi connectivity index (χ0n) is 12.3. The number of ether oxygens (including phenoxy) is 2. The molecule has 0 spiro atoms. The number of carbonyl (C=O) groups excluding carboxylic acids is 1. The van der Waals surface area contributed by atoms with Crippen LogP contribution in [0.25, 0.3) is 11.1 Å². The van der Waals surface area contributed by atoms with Gasteiger partial charge in [-0.2, -0.15) is 0 Å². The summed E-state index contributed by atoms with van der Waals surface area (Å²) < 4.78 is 59.9. The second kappa shape index (κ2) is 6.14. The summed E-state index contributed by atoms with van der Waals surface area (Å²) in [7, 11) is 0. The van der Waals surface area contributed by atoms with Crippen LogP contribution in [0.1, 0.15) is 12.8 Å². The van der Waals surface area contributed by atoms with Crippen molar-refractivity contribution < 1.29 is 31.8 Å². The summed E-state index contributed by atoms with van der Waals surface area (Å²) in [5.74, 6) is -1.61. The molecule has 0 bridgehead atoms. The normalized spacial score (nSPS) is 14.3. The Morgan fingerprint density at radius 3 is 2.42 bits per heavy atom. The van der Waals surface area contributed by atoms with Crippen molar-refractivity contribution in [2.24, 2.45) is 5.92 Å². The van der Waals surface area contributed by atoms with Crippen molar-refractivity contribution in [2.75, 3.05) is 0 Å². The van der Waals surface area contributed by atoms with Gasteiger partial charge in [-0.05, 0) is 42.7 Å². The van der Waals surface area contributed by atoms with E-state index >= 15 is 0 Å². The van der Waals surface area contributed by atoms with Crippen LogP contribution in [0.4, 0.5) is 17.6 Å². The highest BCUT2D eigenvalue weighted by Crippen LogP contribution is 2.33. The molecular formula is C17H12F4O3. The summed E-state index contributed by atoms with van der Waals surface area (Å²) >= 11 is 0. The van der Waals surface area contributed by atoms with E-state index in [4.69, 9.17) is 4.74 Å². The Bertz CT molecular complexity index is 767. The molecule has 1 fully saturated rings. The number of hydrogen-bond donors (Lipinski definition) is 0. The monoisotopic (exact) mass is 340 g/mol. The molecule has 0 radical (unpaired) electrons. The van der Waals surface area contributed by atoms with Gasteiger partial charge in [0.05, 0.1) is 5.92 Å². The molecule has 1 saturated carbocycles. The number of rotatable bonds is 4. The fourth-order valence-electron chi connectivity index (χ4n) is 2.17. The van der Waals surface area contributed by atoms with Gasteiger partial charge in [0.15, 0.2) is 0 Å². The molecule has 2 aromatic rings. The molecule has 0 saturated heterocycles. The second-order valence-electron chi connectivity index (χ2n) is 5.41. The zero-order chi connectivity index (χ0) is 17.3. The summed E-state index contributed by atoms with van der Waals surface area (Å²) in [6, 6.07) is 8.78. The minimum atomic E-state index is -4.82. The van der Waals surface area contributed by atoms with Crippen molar-refractivity contribution in [3.63, 3.8) is 0 Å². The van der Waals surface area contributed by atoms with E-state index in [0.717, 1.165) is 31.0 Å². The Morgan fingerprint density at radius 2 is 1.79 bits per heavy atom. The molecule has 3 rings (SSSR count). The van der Waals surface area contributed by atoms with Crippen LogP contribution in [0.15, 0.2) is 42.5 Å². The molecule has 1 aliphatic rings. The highest BCUT2D eigenvalue weighted by atomic mass is 19.4. The van der Waals surface area contributed by atoms with Gasteiger partial charge >= 0.3 is 12.3 Å². The van der Waals surface area contributed by atoms with Crippen molar-refractivity contribution in [1.82, 2.24) is 0 Å². The van der Waals surface area contributed by atoms with Crippen LogP contribution in [-0.4, -0.2) is 12.3 Å². The summed E-state index contributed by atoms with van der Waals surface area (Å²) in [4.78, 5) is 11.6. The Kier molecular flexibility index (Phi) is 4.17. The average molecular weight is 340 g/mol. The van der Waals surface area contributed by atoms with Gasteiger partial charge in [-0.3, -0.25) is 4.79 Å². The lowest BCUT2D eigenvalue weighted by molar-refractivity contribution is -0.274. The Hall–Kier alpha value is -2.57. The van der Waals surface area contributed by atoms with Gasteiger partial charge in [-0.25, -0.2) is 4.39 Å². The van der Waals surface area contributed by atoms with Gasteiger partial charge in [-0.15, -0.1) is 13.2 Å². The minimum absolute atomic E-state index is 0.0656. The molecule has 0 aromatic heterocycles. The highest BCUT2D eigenvalue weighted by Gasteiger charge is 2.32. The number of carbonyl (C=O) groups is 1. The van der Waals surface area contributed by atoms with E-state index in [0.29, 0.717) is 0 Å². The smallest absolute Gasteiger partial charge is 0.426 e. The van der Waals surface area contributed by atoms with E-state index in [1.807, 2.05) is 0 Å². The maximum Gasteiger partial charge on any atom is 0.573 e. The lowest BCUT2D eigenvalue weighted by Crippen LogP contribution is -2.17. The maximum absolute atomic E-state index is 14.2. The molecule has 0 N–H and O–H groups in total. The highest BCUT2D eigenvalue weighted by molar-refractivity contribution is 5.77. The van der Waals surface area contributed by atoms with Crippen LogP contribution in [0.2, 0.25) is 0 Å². The van der Waals surface area contributed by atoms with Crippen molar-refractivity contribution in [3.8, 4) is 22.6 Å². The first-order valence-electron chi connectivity index (χ1n) is 7.19. The molecule has 7 heteroatoms. The SMILES string of the molecule is O=C(Oc1ccc(-c2cccc(OC(F)(F)F)c2)c(F)c1)C1CC1. The topological polar surface area (TPSA) is 35.5 Å². The van der Waals surface area contributed by atoms with E-state index in [2.05, 4.69) is 4.74 Å². The number of esters is 1. The quantitative estimate of drug-likeness (QED) is 0.459. The molecule has 24 heavy (non-hydrogen) atoms. The number of benzene rings is 2. The van der Waals surface area contributed by atoms with Crippen molar-refractivity contribution in [2.45, 2.75) is 19.2 Å². The van der Waals surface area contributed by atoms with Gasteiger partial charge < -0.3 is 9.47 Å². The minimum Gasteiger partial charge on any atom is -0.426 e. The molecule has 0 atom stereocenters. The second-order valence-corrected chi connectivity index (χ2v) is 5.41. The van der Waals surface area contributed by atoms with Gasteiger partial charge in [0.25, 0.3) is 0 Å². The zero-order valence-corrected chi connectivity index (χ0v) is 12.3. The van der Waals surface area contributed by atoms with Crippen LogP contribution in [-0.2, 0) is 4.79 Å². The van der Waals surface area contributed by atoms with Crippen LogP contribution >= 0.6 is 0 Å². The van der Waals surface area contributed by atoms with Gasteiger partial charge in [-0.1, -0.05) is 12.1 Å². The van der Waals surface area contributed by atoms with Crippen LogP contribution in [0, 0.1) is 11.7 Å². The fraction of sp³-hybridized carbons (Fsp3) is 0.235. The molecule has 126 valence electrons. The first-order valence-corrected chi connectivity index (χ1v) is 7.19. The predicted octanol–water partition coefficient (Wildman–Crippen LogP) is 4.71. The fourth-order valence-corrected chi connectivity index (χ4v) is 2.17. The molecule has 0 unspecified atom stereocenters. The summed E-state index contributed by atoms with van der Waals surface area (Å²) in [6.07, 6.45) is -3.28. The van der Waals surface area contributed by atoms with Gasteiger partial charge in [0.2, 0.25) is 0 Å². The van der Waals surface area contributed by atoms with Crippen molar-refractivity contribution in [3.05, 3.63) is 48.3 Å². The molecule has 0 heterocycles. The molecule has 1 aliphatic carbocycles. The number of hydrogen-bond acceptors (Lipinski definition) is 3. The van der Waals surface area contributed by atoms with E-state index in [9.17, 15) is 22.4 Å². The summed E-state index contributed by atoms with van der Waals surface area (Å²) in [5.41, 5.74) is 0.295. The molecular weight excluding hydrogens is 328 g/mol. The lowest BCUT2D eigenvalue weighted by Gasteiger charge is -2.11. The third-order valence-corrected chi connectivity index (χ3v) is 3.45. The Labute approximate surface area is 134 Å². The first-order chi connectivity index (χ1) is 11.3.